The van der Waals surface area contributed by atoms with Crippen molar-refractivity contribution >= 4 is 64.3 Å². The first-order chi connectivity index (χ1) is 19.3. The summed E-state index contributed by atoms with van der Waals surface area (Å²) in [4.78, 5) is 39.5. The largest absolute Gasteiger partial charge is 0.497 e. The van der Waals surface area contributed by atoms with Gasteiger partial charge in [-0.15, -0.1) is 11.8 Å². The van der Waals surface area contributed by atoms with E-state index in [0.717, 1.165) is 4.90 Å². The molecule has 0 atom stereocenters. The number of anilines is 1. The van der Waals surface area contributed by atoms with E-state index in [2.05, 4.69) is 10.6 Å². The molecule has 0 bridgehead atoms. The lowest BCUT2D eigenvalue weighted by molar-refractivity contribution is -0.113. The molecular weight excluding hydrogens is 567 g/mol. The summed E-state index contributed by atoms with van der Waals surface area (Å²) in [5.74, 6) is -0.174. The maximum absolute atomic E-state index is 13.3. The molecule has 0 aliphatic heterocycles. The second-order valence-electron chi connectivity index (χ2n) is 8.44. The number of nitrogens with one attached hydrogen (secondary N) is 2. The Labute approximate surface area is 246 Å². The van der Waals surface area contributed by atoms with Gasteiger partial charge in [-0.25, -0.2) is 0 Å². The van der Waals surface area contributed by atoms with Crippen LogP contribution in [0.4, 0.5) is 5.69 Å². The SMILES string of the molecule is COc1cccc(C(=O)CSc2ccc(NC(=O)/C(=C/c3c(Cl)cccc3Cl)NC(=O)c3ccccc3)cc2)c1. The van der Waals surface area contributed by atoms with Gasteiger partial charge in [0.05, 0.1) is 12.9 Å². The molecule has 0 saturated heterocycles. The Kier molecular flexibility index (Phi) is 10.0. The number of ketones is 1. The van der Waals surface area contributed by atoms with Gasteiger partial charge in [-0.2, -0.15) is 0 Å². The number of hydrogen-bond donors (Lipinski definition) is 2. The zero-order valence-corrected chi connectivity index (χ0v) is 23.6. The van der Waals surface area contributed by atoms with Gasteiger partial charge in [-0.3, -0.25) is 14.4 Å². The van der Waals surface area contributed by atoms with Crippen LogP contribution in [0.1, 0.15) is 26.3 Å². The molecule has 0 aromatic heterocycles. The summed E-state index contributed by atoms with van der Waals surface area (Å²) in [6.07, 6.45) is 1.44. The fraction of sp³-hybridized carbons (Fsp3) is 0.0645. The molecule has 2 amide bonds. The molecule has 0 saturated carbocycles. The van der Waals surface area contributed by atoms with E-state index in [9.17, 15) is 14.4 Å². The Morgan fingerprint density at radius 2 is 1.48 bits per heavy atom. The number of rotatable bonds is 10. The van der Waals surface area contributed by atoms with Crippen molar-refractivity contribution in [1.29, 1.82) is 0 Å². The Balaban J connectivity index is 1.47. The summed E-state index contributed by atoms with van der Waals surface area (Å²) >= 11 is 14.0. The van der Waals surface area contributed by atoms with Gasteiger partial charge in [0.1, 0.15) is 11.4 Å². The third-order valence-corrected chi connectivity index (χ3v) is 7.36. The molecule has 9 heteroatoms. The van der Waals surface area contributed by atoms with Crippen molar-refractivity contribution in [2.45, 2.75) is 4.90 Å². The summed E-state index contributed by atoms with van der Waals surface area (Å²) in [6, 6.07) is 27.6. The highest BCUT2D eigenvalue weighted by molar-refractivity contribution is 8.00. The van der Waals surface area contributed by atoms with Crippen molar-refractivity contribution < 1.29 is 19.1 Å². The second kappa shape index (κ2) is 13.8. The molecule has 4 aromatic carbocycles. The molecule has 0 aliphatic rings. The van der Waals surface area contributed by atoms with Crippen molar-refractivity contribution in [1.82, 2.24) is 5.32 Å². The number of carbonyl (C=O) groups excluding carboxylic acids is 3. The van der Waals surface area contributed by atoms with Gasteiger partial charge in [0.2, 0.25) is 0 Å². The summed E-state index contributed by atoms with van der Waals surface area (Å²) in [5, 5.41) is 6.12. The highest BCUT2D eigenvalue weighted by atomic mass is 35.5. The van der Waals surface area contributed by atoms with E-state index in [-0.39, 0.29) is 17.2 Å². The van der Waals surface area contributed by atoms with Crippen LogP contribution in [0.2, 0.25) is 10.0 Å². The van der Waals surface area contributed by atoms with Crippen LogP contribution in [0.25, 0.3) is 6.08 Å². The molecule has 4 aromatic rings. The molecular formula is C31H24Cl2N2O4S. The molecule has 0 unspecified atom stereocenters. The maximum atomic E-state index is 13.3. The van der Waals surface area contributed by atoms with Gasteiger partial charge in [0, 0.05) is 37.3 Å². The van der Waals surface area contributed by atoms with Crippen LogP contribution >= 0.6 is 35.0 Å². The molecule has 0 spiro atoms. The summed E-state index contributed by atoms with van der Waals surface area (Å²) in [6.45, 7) is 0. The van der Waals surface area contributed by atoms with Gasteiger partial charge in [0.25, 0.3) is 11.8 Å². The highest BCUT2D eigenvalue weighted by Gasteiger charge is 2.17. The van der Waals surface area contributed by atoms with Crippen molar-refractivity contribution in [3.8, 4) is 5.75 Å². The number of carbonyl (C=O) groups is 3. The molecule has 40 heavy (non-hydrogen) atoms. The maximum Gasteiger partial charge on any atom is 0.272 e. The Bertz CT molecular complexity index is 1540. The number of hydrogen-bond acceptors (Lipinski definition) is 5. The molecule has 4 rings (SSSR count). The number of halogens is 2. The number of amides is 2. The van der Waals surface area contributed by atoms with Crippen LogP contribution < -0.4 is 15.4 Å². The summed E-state index contributed by atoms with van der Waals surface area (Å²) < 4.78 is 5.18. The average Bonchev–Trinajstić information content (AvgIpc) is 2.98. The summed E-state index contributed by atoms with van der Waals surface area (Å²) in [5.41, 5.74) is 1.82. The van der Waals surface area contributed by atoms with E-state index in [4.69, 9.17) is 27.9 Å². The number of Topliss-reactive ketones (excluding diaryl/α,β-unsaturated/α-hetero) is 1. The molecule has 6 nitrogen and oxygen atoms in total. The highest BCUT2D eigenvalue weighted by Crippen LogP contribution is 2.27. The molecule has 0 aliphatic carbocycles. The lowest BCUT2D eigenvalue weighted by atomic mass is 10.1. The molecule has 202 valence electrons. The lowest BCUT2D eigenvalue weighted by Gasteiger charge is -2.13. The predicted molar refractivity (Wildman–Crippen MR) is 161 cm³/mol. The van der Waals surface area contributed by atoms with E-state index < -0.39 is 11.8 Å². The molecule has 0 fully saturated rings. The molecule has 0 heterocycles. The standard InChI is InChI=1S/C31H24Cl2N2O4S/c1-39-23-10-5-9-21(17-23)29(36)19-40-24-15-13-22(14-16-24)34-31(38)28(18-25-26(32)11-6-12-27(25)33)35-30(37)20-7-3-2-4-8-20/h2-18H,19H2,1H3,(H,34,38)(H,35,37)/b28-18-. The zero-order valence-electron chi connectivity index (χ0n) is 21.3. The van der Waals surface area contributed by atoms with Gasteiger partial charge in [0.15, 0.2) is 5.78 Å². The van der Waals surface area contributed by atoms with Crippen molar-refractivity contribution in [2.75, 3.05) is 18.2 Å². The molecule has 2 N–H and O–H groups in total. The number of thioether (sulfide) groups is 1. The smallest absolute Gasteiger partial charge is 0.272 e. The van der Waals surface area contributed by atoms with E-state index in [1.165, 1.54) is 17.8 Å². The first-order valence-electron chi connectivity index (χ1n) is 12.1. The van der Waals surface area contributed by atoms with Crippen LogP contribution in [0.3, 0.4) is 0 Å². The van der Waals surface area contributed by atoms with Gasteiger partial charge < -0.3 is 15.4 Å². The van der Waals surface area contributed by atoms with Crippen LogP contribution in [-0.2, 0) is 4.79 Å². The van der Waals surface area contributed by atoms with Gasteiger partial charge >= 0.3 is 0 Å². The van der Waals surface area contributed by atoms with E-state index in [0.29, 0.717) is 38.2 Å². The minimum Gasteiger partial charge on any atom is -0.497 e. The van der Waals surface area contributed by atoms with Crippen molar-refractivity contribution in [2.24, 2.45) is 0 Å². The zero-order chi connectivity index (χ0) is 28.5. The van der Waals surface area contributed by atoms with Crippen molar-refractivity contribution in [3.05, 3.63) is 129 Å². The fourth-order valence-electron chi connectivity index (χ4n) is 3.60. The normalized spacial score (nSPS) is 11.0. The number of benzene rings is 4. The Hall–Kier alpha value is -4.04. The Morgan fingerprint density at radius 3 is 2.15 bits per heavy atom. The van der Waals surface area contributed by atoms with Crippen molar-refractivity contribution in [3.63, 3.8) is 0 Å². The first-order valence-corrected chi connectivity index (χ1v) is 13.8. The van der Waals surface area contributed by atoms with Gasteiger partial charge in [-0.05, 0) is 66.7 Å². The van der Waals surface area contributed by atoms with Gasteiger partial charge in [-0.1, -0.05) is 59.6 Å². The Morgan fingerprint density at radius 1 is 0.825 bits per heavy atom. The minimum absolute atomic E-state index is 0.0246. The average molecular weight is 592 g/mol. The van der Waals surface area contributed by atoms with Crippen LogP contribution in [0.15, 0.2) is 108 Å². The number of ether oxygens (including phenoxy) is 1. The lowest BCUT2D eigenvalue weighted by Crippen LogP contribution is -2.30. The fourth-order valence-corrected chi connectivity index (χ4v) is 4.90. The third kappa shape index (κ3) is 7.76. The first kappa shape index (κ1) is 29.0. The van der Waals surface area contributed by atoms with E-state index >= 15 is 0 Å². The van der Waals surface area contributed by atoms with E-state index in [1.807, 2.05) is 0 Å². The number of methoxy groups -OCH3 is 1. The quantitative estimate of drug-likeness (QED) is 0.114. The summed E-state index contributed by atoms with van der Waals surface area (Å²) in [7, 11) is 1.56. The van der Waals surface area contributed by atoms with E-state index in [1.54, 1.807) is 104 Å². The van der Waals surface area contributed by atoms with Crippen LogP contribution in [0.5, 0.6) is 5.75 Å². The molecule has 0 radical (unpaired) electrons. The second-order valence-corrected chi connectivity index (χ2v) is 10.3. The predicted octanol–water partition coefficient (Wildman–Crippen LogP) is 7.39. The topological polar surface area (TPSA) is 84.5 Å². The van der Waals surface area contributed by atoms with Crippen LogP contribution in [-0.4, -0.2) is 30.5 Å². The third-order valence-electron chi connectivity index (χ3n) is 5.69. The monoisotopic (exact) mass is 590 g/mol. The minimum atomic E-state index is -0.561. The van der Waals surface area contributed by atoms with Crippen LogP contribution in [0, 0.1) is 0 Å².